The Kier molecular flexibility index (Phi) is 4.78. The molecule has 7 nitrogen and oxygen atoms in total. The van der Waals surface area contributed by atoms with Gasteiger partial charge in [-0.3, -0.25) is 4.79 Å². The van der Waals surface area contributed by atoms with Gasteiger partial charge in [-0.1, -0.05) is 6.07 Å². The number of nitrogens with zero attached hydrogens (tertiary/aromatic N) is 3. The maximum absolute atomic E-state index is 12.9. The van der Waals surface area contributed by atoms with Gasteiger partial charge in [0.15, 0.2) is 0 Å². The van der Waals surface area contributed by atoms with Crippen LogP contribution in [0.5, 0.6) is 11.5 Å². The number of aliphatic hydroxyl groups is 1. The average molecular weight is 371 g/mol. The quantitative estimate of drug-likeness (QED) is 0.881. The first kappa shape index (κ1) is 17.9. The number of fused-ring (bicyclic) bond motifs is 1. The Morgan fingerprint density at radius 2 is 2.22 bits per heavy atom. The molecule has 1 N–H and O–H groups in total. The highest BCUT2D eigenvalue weighted by atomic mass is 16.5. The molecule has 1 saturated heterocycles. The van der Waals surface area contributed by atoms with Gasteiger partial charge in [-0.2, -0.15) is 0 Å². The number of piperidine rings is 1. The summed E-state index contributed by atoms with van der Waals surface area (Å²) in [6, 6.07) is 5.73. The number of likely N-dealkylation sites (tertiary alicyclic amines) is 1. The summed E-state index contributed by atoms with van der Waals surface area (Å²) in [5.74, 6) is 1.49. The van der Waals surface area contributed by atoms with E-state index in [1.54, 1.807) is 19.6 Å². The average Bonchev–Trinajstić information content (AvgIpc) is 3.19. The molecule has 27 heavy (non-hydrogen) atoms. The van der Waals surface area contributed by atoms with Crippen LogP contribution in [0.2, 0.25) is 0 Å². The summed E-state index contributed by atoms with van der Waals surface area (Å²) < 4.78 is 12.9. The Morgan fingerprint density at radius 3 is 2.93 bits per heavy atom. The van der Waals surface area contributed by atoms with Crippen molar-refractivity contribution in [2.24, 2.45) is 5.92 Å². The monoisotopic (exact) mass is 371 g/mol. The Bertz CT molecular complexity index is 798. The Hall–Kier alpha value is -2.54. The highest BCUT2D eigenvalue weighted by Crippen LogP contribution is 2.32. The Morgan fingerprint density at radius 1 is 1.41 bits per heavy atom. The molecule has 1 atom stereocenters. The van der Waals surface area contributed by atoms with Gasteiger partial charge < -0.3 is 24.0 Å². The van der Waals surface area contributed by atoms with Crippen LogP contribution in [0, 0.1) is 5.92 Å². The minimum absolute atomic E-state index is 0.112. The molecule has 0 unspecified atom stereocenters. The first-order chi connectivity index (χ1) is 13.1. The minimum Gasteiger partial charge on any atom is -0.497 e. The predicted octanol–water partition coefficient (Wildman–Crippen LogP) is 1.50. The summed E-state index contributed by atoms with van der Waals surface area (Å²) in [7, 11) is 1.63. The van der Waals surface area contributed by atoms with Gasteiger partial charge >= 0.3 is 0 Å². The maximum Gasteiger partial charge on any atom is 0.229 e. The zero-order valence-corrected chi connectivity index (χ0v) is 15.5. The van der Waals surface area contributed by atoms with Crippen molar-refractivity contribution < 1.29 is 19.4 Å². The number of hydrogen-bond acceptors (Lipinski definition) is 5. The lowest BCUT2D eigenvalue weighted by atomic mass is 9.89. The molecule has 0 spiro atoms. The number of rotatable bonds is 4. The SMILES string of the molecule is COc1ccc2c(c1)OC[C@@H](C(=O)N1CCC(O)(Cn3ccnc3)CC1)C2. The lowest BCUT2D eigenvalue weighted by molar-refractivity contribution is -0.141. The smallest absolute Gasteiger partial charge is 0.229 e. The third-order valence-corrected chi connectivity index (χ3v) is 5.57. The van der Waals surface area contributed by atoms with E-state index < -0.39 is 5.60 Å². The molecule has 1 aromatic heterocycles. The molecule has 2 aliphatic heterocycles. The van der Waals surface area contributed by atoms with Crippen LogP contribution >= 0.6 is 0 Å². The van der Waals surface area contributed by atoms with E-state index in [2.05, 4.69) is 4.98 Å². The van der Waals surface area contributed by atoms with Crippen molar-refractivity contribution in [2.75, 3.05) is 26.8 Å². The van der Waals surface area contributed by atoms with E-state index in [0.29, 0.717) is 45.5 Å². The van der Waals surface area contributed by atoms with Crippen LogP contribution in [-0.2, 0) is 17.8 Å². The fourth-order valence-electron chi connectivity index (χ4n) is 3.92. The lowest BCUT2D eigenvalue weighted by Gasteiger charge is -2.40. The van der Waals surface area contributed by atoms with Crippen LogP contribution in [0.4, 0.5) is 0 Å². The summed E-state index contributed by atoms with van der Waals surface area (Å²) in [5.41, 5.74) is 0.248. The van der Waals surface area contributed by atoms with Crippen LogP contribution < -0.4 is 9.47 Å². The van der Waals surface area contributed by atoms with E-state index >= 15 is 0 Å². The third-order valence-electron chi connectivity index (χ3n) is 5.57. The number of benzene rings is 1. The first-order valence-corrected chi connectivity index (χ1v) is 9.33. The summed E-state index contributed by atoms with van der Waals surface area (Å²) in [5, 5.41) is 10.8. The van der Waals surface area contributed by atoms with E-state index in [-0.39, 0.29) is 11.8 Å². The summed E-state index contributed by atoms with van der Waals surface area (Å²) in [6.07, 6.45) is 7.08. The second kappa shape index (κ2) is 7.23. The molecule has 0 bridgehead atoms. The van der Waals surface area contributed by atoms with E-state index in [0.717, 1.165) is 17.1 Å². The van der Waals surface area contributed by atoms with E-state index in [1.807, 2.05) is 33.9 Å². The number of methoxy groups -OCH3 is 1. The Labute approximate surface area is 158 Å². The molecule has 0 radical (unpaired) electrons. The molecule has 1 fully saturated rings. The number of hydrogen-bond donors (Lipinski definition) is 1. The standard InChI is InChI=1S/C20H25N3O4/c1-26-17-3-2-15-10-16(12-27-18(15)11-17)19(24)23-7-4-20(25,5-8-23)13-22-9-6-21-14-22/h2-3,6,9,11,14,16,25H,4-5,7-8,10,12-13H2,1H3/t16-/m0/s1. The van der Waals surface area contributed by atoms with Gasteiger partial charge in [0.1, 0.15) is 18.1 Å². The molecule has 2 aromatic rings. The van der Waals surface area contributed by atoms with Gasteiger partial charge in [0.2, 0.25) is 5.91 Å². The number of carbonyl (C=O) groups excluding carboxylic acids is 1. The number of carbonyl (C=O) groups is 1. The van der Waals surface area contributed by atoms with Crippen LogP contribution in [0.3, 0.4) is 0 Å². The van der Waals surface area contributed by atoms with Crippen molar-refractivity contribution in [1.82, 2.24) is 14.5 Å². The molecule has 0 saturated carbocycles. The zero-order chi connectivity index (χ0) is 18.9. The first-order valence-electron chi connectivity index (χ1n) is 9.33. The molecule has 0 aliphatic carbocycles. The molecule has 1 aromatic carbocycles. The molecular weight excluding hydrogens is 346 g/mol. The van der Waals surface area contributed by atoms with Crippen LogP contribution in [0.25, 0.3) is 0 Å². The second-order valence-corrected chi connectivity index (χ2v) is 7.47. The van der Waals surface area contributed by atoms with Crippen LogP contribution in [0.1, 0.15) is 18.4 Å². The van der Waals surface area contributed by atoms with Gasteiger partial charge in [0.25, 0.3) is 0 Å². The van der Waals surface area contributed by atoms with Crippen LogP contribution in [0.15, 0.2) is 36.9 Å². The van der Waals surface area contributed by atoms with Crippen molar-refractivity contribution in [3.8, 4) is 11.5 Å². The number of aromatic nitrogens is 2. The molecule has 7 heteroatoms. The normalized spacial score (nSPS) is 21.3. The maximum atomic E-state index is 12.9. The Balaban J connectivity index is 1.35. The lowest BCUT2D eigenvalue weighted by Crippen LogP contribution is -2.51. The topological polar surface area (TPSA) is 76.8 Å². The van der Waals surface area contributed by atoms with E-state index in [4.69, 9.17) is 9.47 Å². The highest BCUT2D eigenvalue weighted by molar-refractivity contribution is 5.80. The number of ether oxygens (including phenoxy) is 2. The van der Waals surface area contributed by atoms with Crippen molar-refractivity contribution in [3.63, 3.8) is 0 Å². The molecule has 4 rings (SSSR count). The van der Waals surface area contributed by atoms with E-state index in [9.17, 15) is 9.90 Å². The fourth-order valence-corrected chi connectivity index (χ4v) is 3.92. The second-order valence-electron chi connectivity index (χ2n) is 7.47. The van der Waals surface area contributed by atoms with Gasteiger partial charge in [-0.15, -0.1) is 0 Å². The van der Waals surface area contributed by atoms with Crippen molar-refractivity contribution >= 4 is 5.91 Å². The number of imidazole rings is 1. The minimum atomic E-state index is -0.788. The number of amides is 1. The largest absolute Gasteiger partial charge is 0.497 e. The van der Waals surface area contributed by atoms with Crippen LogP contribution in [-0.4, -0.2) is 57.9 Å². The van der Waals surface area contributed by atoms with Gasteiger partial charge in [0, 0.05) is 31.5 Å². The van der Waals surface area contributed by atoms with Gasteiger partial charge in [-0.05, 0) is 30.9 Å². The van der Waals surface area contributed by atoms with Crippen molar-refractivity contribution in [3.05, 3.63) is 42.5 Å². The van der Waals surface area contributed by atoms with Crippen molar-refractivity contribution in [1.29, 1.82) is 0 Å². The zero-order valence-electron chi connectivity index (χ0n) is 15.5. The summed E-state index contributed by atoms with van der Waals surface area (Å²) in [4.78, 5) is 18.8. The highest BCUT2D eigenvalue weighted by Gasteiger charge is 2.37. The summed E-state index contributed by atoms with van der Waals surface area (Å²) in [6.45, 7) is 2.03. The molecule has 144 valence electrons. The van der Waals surface area contributed by atoms with Gasteiger partial charge in [-0.25, -0.2) is 4.98 Å². The third kappa shape index (κ3) is 3.78. The molecule has 2 aliphatic rings. The molecular formula is C20H25N3O4. The van der Waals surface area contributed by atoms with Crippen molar-refractivity contribution in [2.45, 2.75) is 31.4 Å². The van der Waals surface area contributed by atoms with E-state index in [1.165, 1.54) is 0 Å². The molecule has 1 amide bonds. The summed E-state index contributed by atoms with van der Waals surface area (Å²) >= 11 is 0. The molecule has 3 heterocycles. The van der Waals surface area contributed by atoms with Gasteiger partial charge in [0.05, 0.1) is 31.5 Å². The fraction of sp³-hybridized carbons (Fsp3) is 0.500. The predicted molar refractivity (Wildman–Crippen MR) is 98.7 cm³/mol.